The van der Waals surface area contributed by atoms with Crippen LogP contribution < -0.4 is 0 Å². The van der Waals surface area contributed by atoms with Gasteiger partial charge in [-0.1, -0.05) is 12.1 Å². The van der Waals surface area contributed by atoms with Crippen LogP contribution in [0.15, 0.2) is 4.52 Å². The number of hydrogen-bond donors (Lipinski definition) is 0. The summed E-state index contributed by atoms with van der Waals surface area (Å²) >= 11 is 0. The SMILES string of the molecule is COC1CCC(C(=O)N2CCC(c3onc4c3CC(C)CC4)CC2)CC1. The zero-order chi connectivity index (χ0) is 18.1. The fourth-order valence-electron chi connectivity index (χ4n) is 5.09. The number of hydrogen-bond acceptors (Lipinski definition) is 4. The van der Waals surface area contributed by atoms with Gasteiger partial charge >= 0.3 is 0 Å². The van der Waals surface area contributed by atoms with Crippen LogP contribution in [0.3, 0.4) is 0 Å². The van der Waals surface area contributed by atoms with Crippen molar-refractivity contribution in [3.05, 3.63) is 17.0 Å². The van der Waals surface area contributed by atoms with Crippen molar-refractivity contribution in [2.45, 2.75) is 76.7 Å². The van der Waals surface area contributed by atoms with E-state index in [1.807, 2.05) is 0 Å². The van der Waals surface area contributed by atoms with Crippen molar-refractivity contribution >= 4 is 5.91 Å². The van der Waals surface area contributed by atoms with Gasteiger partial charge in [-0.3, -0.25) is 4.79 Å². The summed E-state index contributed by atoms with van der Waals surface area (Å²) in [4.78, 5) is 15.0. The highest BCUT2D eigenvalue weighted by atomic mass is 16.5. The highest BCUT2D eigenvalue weighted by molar-refractivity contribution is 5.79. The van der Waals surface area contributed by atoms with Crippen LogP contribution in [0, 0.1) is 11.8 Å². The Morgan fingerprint density at radius 3 is 2.54 bits per heavy atom. The summed E-state index contributed by atoms with van der Waals surface area (Å²) in [5, 5.41) is 4.34. The predicted molar refractivity (Wildman–Crippen MR) is 99.0 cm³/mol. The van der Waals surface area contributed by atoms with Gasteiger partial charge in [-0.25, -0.2) is 0 Å². The maximum Gasteiger partial charge on any atom is 0.225 e. The first-order chi connectivity index (χ1) is 12.7. The molecule has 0 spiro atoms. The summed E-state index contributed by atoms with van der Waals surface area (Å²) in [6, 6.07) is 0. The maximum absolute atomic E-state index is 12.9. The Morgan fingerprint density at radius 2 is 1.85 bits per heavy atom. The average Bonchev–Trinajstić information content (AvgIpc) is 3.10. The molecule has 2 aliphatic carbocycles. The molecule has 4 rings (SSSR count). The molecule has 2 fully saturated rings. The molecule has 26 heavy (non-hydrogen) atoms. The van der Waals surface area contributed by atoms with Gasteiger partial charge in [-0.15, -0.1) is 0 Å². The third-order valence-electron chi connectivity index (χ3n) is 6.86. The van der Waals surface area contributed by atoms with Crippen LogP contribution in [0.1, 0.15) is 74.8 Å². The number of aromatic nitrogens is 1. The number of ether oxygens (including phenoxy) is 1. The highest BCUT2D eigenvalue weighted by Gasteiger charge is 2.34. The molecule has 0 radical (unpaired) electrons. The molecule has 1 aliphatic heterocycles. The summed E-state index contributed by atoms with van der Waals surface area (Å²) in [6.07, 6.45) is 9.75. The van der Waals surface area contributed by atoms with Crippen molar-refractivity contribution in [3.63, 3.8) is 0 Å². The quantitative estimate of drug-likeness (QED) is 0.824. The van der Waals surface area contributed by atoms with Crippen LogP contribution in [0.4, 0.5) is 0 Å². The summed E-state index contributed by atoms with van der Waals surface area (Å²) < 4.78 is 11.2. The van der Waals surface area contributed by atoms with E-state index in [9.17, 15) is 4.79 Å². The van der Waals surface area contributed by atoms with Gasteiger partial charge in [0.15, 0.2) is 0 Å². The first-order valence-corrected chi connectivity index (χ1v) is 10.4. The highest BCUT2D eigenvalue weighted by Crippen LogP contribution is 2.37. The number of carbonyl (C=O) groups excluding carboxylic acids is 1. The second-order valence-electron chi connectivity index (χ2n) is 8.63. The van der Waals surface area contributed by atoms with Crippen molar-refractivity contribution in [1.82, 2.24) is 10.1 Å². The molecule has 1 aromatic heterocycles. The molecule has 5 heteroatoms. The second-order valence-corrected chi connectivity index (χ2v) is 8.63. The molecular weight excluding hydrogens is 328 g/mol. The van der Waals surface area contributed by atoms with Gasteiger partial charge in [0.1, 0.15) is 5.76 Å². The molecule has 1 amide bonds. The minimum absolute atomic E-state index is 0.205. The van der Waals surface area contributed by atoms with Crippen LogP contribution in [-0.4, -0.2) is 42.3 Å². The molecule has 144 valence electrons. The van der Waals surface area contributed by atoms with E-state index in [2.05, 4.69) is 17.0 Å². The van der Waals surface area contributed by atoms with E-state index >= 15 is 0 Å². The van der Waals surface area contributed by atoms with E-state index in [0.717, 1.165) is 76.1 Å². The molecule has 1 saturated carbocycles. The number of aryl methyl sites for hydroxylation is 1. The molecular formula is C21H32N2O3. The number of piperidine rings is 1. The number of methoxy groups -OCH3 is 1. The van der Waals surface area contributed by atoms with Crippen molar-refractivity contribution in [1.29, 1.82) is 0 Å². The van der Waals surface area contributed by atoms with Gasteiger partial charge in [0.2, 0.25) is 5.91 Å². The molecule has 1 unspecified atom stereocenters. The van der Waals surface area contributed by atoms with Crippen molar-refractivity contribution in [2.75, 3.05) is 20.2 Å². The van der Waals surface area contributed by atoms with Crippen LogP contribution in [-0.2, 0) is 22.4 Å². The number of amides is 1. The largest absolute Gasteiger partial charge is 0.381 e. The molecule has 2 heterocycles. The molecule has 5 nitrogen and oxygen atoms in total. The minimum Gasteiger partial charge on any atom is -0.381 e. The average molecular weight is 360 g/mol. The van der Waals surface area contributed by atoms with Gasteiger partial charge in [-0.2, -0.15) is 0 Å². The fourth-order valence-corrected chi connectivity index (χ4v) is 5.09. The third-order valence-corrected chi connectivity index (χ3v) is 6.86. The normalized spacial score (nSPS) is 30.2. The fraction of sp³-hybridized carbons (Fsp3) is 0.810. The molecule has 0 bridgehead atoms. The number of carbonyl (C=O) groups is 1. The lowest BCUT2D eigenvalue weighted by atomic mass is 9.82. The van der Waals surface area contributed by atoms with Crippen molar-refractivity contribution in [3.8, 4) is 0 Å². The molecule has 1 saturated heterocycles. The summed E-state index contributed by atoms with van der Waals surface area (Å²) in [6.45, 7) is 4.04. The molecule has 3 aliphatic rings. The second kappa shape index (κ2) is 7.71. The van der Waals surface area contributed by atoms with Crippen LogP contribution >= 0.6 is 0 Å². The molecule has 0 aromatic carbocycles. The van der Waals surface area contributed by atoms with Crippen LogP contribution in [0.25, 0.3) is 0 Å². The van der Waals surface area contributed by atoms with Gasteiger partial charge in [0, 0.05) is 37.6 Å². The van der Waals surface area contributed by atoms with E-state index < -0.39 is 0 Å². The molecule has 0 N–H and O–H groups in total. The summed E-state index contributed by atoms with van der Waals surface area (Å²) in [5.41, 5.74) is 2.57. The predicted octanol–water partition coefficient (Wildman–Crippen LogP) is 3.71. The Bertz CT molecular complexity index is 625. The van der Waals surface area contributed by atoms with Gasteiger partial charge < -0.3 is 14.2 Å². The molecule has 1 aromatic rings. The number of rotatable bonds is 3. The summed E-state index contributed by atoms with van der Waals surface area (Å²) in [7, 11) is 1.78. The van der Waals surface area contributed by atoms with Crippen LogP contribution in [0.5, 0.6) is 0 Å². The smallest absolute Gasteiger partial charge is 0.225 e. The number of nitrogens with zero attached hydrogens (tertiary/aromatic N) is 2. The van der Waals surface area contributed by atoms with Crippen molar-refractivity contribution < 1.29 is 14.1 Å². The van der Waals surface area contributed by atoms with E-state index in [1.54, 1.807) is 7.11 Å². The zero-order valence-corrected chi connectivity index (χ0v) is 16.2. The Hall–Kier alpha value is -1.36. The van der Waals surface area contributed by atoms with E-state index in [-0.39, 0.29) is 5.92 Å². The Kier molecular flexibility index (Phi) is 5.35. The van der Waals surface area contributed by atoms with E-state index in [1.165, 1.54) is 17.7 Å². The van der Waals surface area contributed by atoms with Gasteiger partial charge in [-0.05, 0) is 63.7 Å². The Labute approximate surface area is 156 Å². The Morgan fingerprint density at radius 1 is 1.12 bits per heavy atom. The maximum atomic E-state index is 12.9. The lowest BCUT2D eigenvalue weighted by molar-refractivity contribution is -0.138. The third kappa shape index (κ3) is 3.55. The lowest BCUT2D eigenvalue weighted by Gasteiger charge is -2.36. The van der Waals surface area contributed by atoms with E-state index in [0.29, 0.717) is 17.9 Å². The topological polar surface area (TPSA) is 55.6 Å². The molecule has 1 atom stereocenters. The first kappa shape index (κ1) is 18.0. The standard InChI is InChI=1S/C21H32N2O3/c1-14-3-8-19-18(13-14)20(26-22-19)15-9-11-23(12-10-15)21(24)16-4-6-17(25-2)7-5-16/h14-17H,3-13H2,1-2H3. The summed E-state index contributed by atoms with van der Waals surface area (Å²) in [5.74, 6) is 2.86. The minimum atomic E-state index is 0.205. The van der Waals surface area contributed by atoms with Gasteiger partial charge in [0.25, 0.3) is 0 Å². The van der Waals surface area contributed by atoms with Crippen molar-refractivity contribution in [2.24, 2.45) is 11.8 Å². The Balaban J connectivity index is 1.33. The van der Waals surface area contributed by atoms with Gasteiger partial charge in [0.05, 0.1) is 11.8 Å². The van der Waals surface area contributed by atoms with E-state index in [4.69, 9.17) is 9.26 Å². The lowest BCUT2D eigenvalue weighted by Crippen LogP contribution is -2.42. The first-order valence-electron chi connectivity index (χ1n) is 10.4. The number of likely N-dealkylation sites (tertiary alicyclic amines) is 1. The van der Waals surface area contributed by atoms with Crippen LogP contribution in [0.2, 0.25) is 0 Å². The number of fused-ring (bicyclic) bond motifs is 1. The monoisotopic (exact) mass is 360 g/mol. The zero-order valence-electron chi connectivity index (χ0n) is 16.2.